The molecule has 0 radical (unpaired) electrons. The average molecular weight is 419 g/mol. The van der Waals surface area contributed by atoms with Gasteiger partial charge in [0.05, 0.1) is 24.5 Å². The maximum atomic E-state index is 6.23. The first-order valence-electron chi connectivity index (χ1n) is 10.8. The molecule has 0 spiro atoms. The van der Waals surface area contributed by atoms with Crippen LogP contribution in [0.3, 0.4) is 0 Å². The van der Waals surface area contributed by atoms with Gasteiger partial charge in [0.25, 0.3) is 0 Å². The summed E-state index contributed by atoms with van der Waals surface area (Å²) >= 11 is 0. The molecule has 0 unspecified atom stereocenters. The van der Waals surface area contributed by atoms with Crippen molar-refractivity contribution in [1.82, 2.24) is 29.4 Å². The first-order chi connectivity index (χ1) is 15.1. The number of hydrogen-bond donors (Lipinski definition) is 1. The van der Waals surface area contributed by atoms with E-state index in [4.69, 9.17) is 20.6 Å². The van der Waals surface area contributed by atoms with E-state index in [-0.39, 0.29) is 11.5 Å². The van der Waals surface area contributed by atoms with Crippen LogP contribution in [0.2, 0.25) is 0 Å². The number of nitrogen functional groups attached to an aromatic ring is 1. The third-order valence-electron chi connectivity index (χ3n) is 6.77. The normalized spacial score (nSPS) is 20.5. The van der Waals surface area contributed by atoms with Gasteiger partial charge >= 0.3 is 0 Å². The number of para-hydroxylation sites is 1. The minimum Gasteiger partial charge on any atom is -0.494 e. The number of hydrogen-bond acceptors (Lipinski definition) is 7. The summed E-state index contributed by atoms with van der Waals surface area (Å²) in [6.45, 7) is 4.16. The number of nitrogens with zero attached hydrogens (tertiary/aromatic N) is 7. The predicted octanol–water partition coefficient (Wildman–Crippen LogP) is 2.96. The van der Waals surface area contributed by atoms with Gasteiger partial charge in [0.1, 0.15) is 11.3 Å². The number of benzene rings is 1. The van der Waals surface area contributed by atoms with Gasteiger partial charge in [0.2, 0.25) is 5.95 Å². The largest absolute Gasteiger partial charge is 0.494 e. The summed E-state index contributed by atoms with van der Waals surface area (Å²) < 4.78 is 9.24. The van der Waals surface area contributed by atoms with E-state index in [2.05, 4.69) is 32.8 Å². The Balaban J connectivity index is 1.34. The standard InChI is InChI=1S/C22H26N8O/c1-22(8-9-22)29-13-15(11-24-29)28-10-4-5-14(12-28)19-26-20-16-6-3-7-17(31-2)18(16)25-21(23)30(20)27-19/h3,6-7,11,13-14H,4-5,8-10,12H2,1-2H3,(H2,23,25)/t14-/m1/s1. The van der Waals surface area contributed by atoms with Crippen molar-refractivity contribution in [3.8, 4) is 5.75 Å². The Morgan fingerprint density at radius 2 is 2.10 bits per heavy atom. The molecule has 0 amide bonds. The molecule has 1 aliphatic carbocycles. The summed E-state index contributed by atoms with van der Waals surface area (Å²) in [6.07, 6.45) is 8.73. The second kappa shape index (κ2) is 6.57. The Hall–Kier alpha value is -3.36. The number of methoxy groups -OCH3 is 1. The highest BCUT2D eigenvalue weighted by Gasteiger charge is 2.40. The van der Waals surface area contributed by atoms with Gasteiger partial charge in [-0.2, -0.15) is 9.61 Å². The molecule has 0 bridgehead atoms. The van der Waals surface area contributed by atoms with Crippen molar-refractivity contribution in [3.05, 3.63) is 36.4 Å². The summed E-state index contributed by atoms with van der Waals surface area (Å²) in [7, 11) is 1.63. The highest BCUT2D eigenvalue weighted by molar-refractivity contribution is 5.95. The summed E-state index contributed by atoms with van der Waals surface area (Å²) in [6, 6.07) is 5.80. The number of piperidine rings is 1. The quantitative estimate of drug-likeness (QED) is 0.544. The van der Waals surface area contributed by atoms with Crippen molar-refractivity contribution < 1.29 is 4.74 Å². The molecular weight excluding hydrogens is 392 g/mol. The lowest BCUT2D eigenvalue weighted by atomic mass is 9.97. The van der Waals surface area contributed by atoms with Crippen molar-refractivity contribution in [2.24, 2.45) is 0 Å². The minimum absolute atomic E-state index is 0.212. The van der Waals surface area contributed by atoms with E-state index in [1.807, 2.05) is 24.4 Å². The van der Waals surface area contributed by atoms with Crippen LogP contribution in [0.25, 0.3) is 16.6 Å². The van der Waals surface area contributed by atoms with E-state index in [1.165, 1.54) is 18.5 Å². The van der Waals surface area contributed by atoms with Crippen LogP contribution < -0.4 is 15.4 Å². The molecular formula is C22H26N8O. The molecule has 2 aliphatic rings. The smallest absolute Gasteiger partial charge is 0.223 e. The van der Waals surface area contributed by atoms with Gasteiger partial charge in [0.15, 0.2) is 11.5 Å². The first kappa shape index (κ1) is 18.4. The van der Waals surface area contributed by atoms with E-state index < -0.39 is 0 Å². The summed E-state index contributed by atoms with van der Waals surface area (Å²) in [5, 5.41) is 10.3. The Labute approximate surface area is 179 Å². The molecule has 4 aromatic rings. The van der Waals surface area contributed by atoms with Crippen LogP contribution in [0.5, 0.6) is 5.75 Å². The molecule has 9 nitrogen and oxygen atoms in total. The van der Waals surface area contributed by atoms with Crippen LogP contribution in [0.15, 0.2) is 30.6 Å². The van der Waals surface area contributed by atoms with E-state index in [0.29, 0.717) is 17.2 Å². The molecule has 1 saturated heterocycles. The lowest BCUT2D eigenvalue weighted by Crippen LogP contribution is -2.34. The minimum atomic E-state index is 0.212. The lowest BCUT2D eigenvalue weighted by Gasteiger charge is -2.32. The SMILES string of the molecule is COc1cccc2c1nc(N)n1nc([C@@H]3CCCN(c4cnn(C5(C)CC5)c4)C3)nc21. The van der Waals surface area contributed by atoms with Gasteiger partial charge in [0, 0.05) is 30.6 Å². The fraction of sp³-hybridized carbons (Fsp3) is 0.455. The highest BCUT2D eigenvalue weighted by Crippen LogP contribution is 2.43. The van der Waals surface area contributed by atoms with Crippen LogP contribution in [-0.4, -0.2) is 49.6 Å². The molecule has 31 heavy (non-hydrogen) atoms. The zero-order valence-corrected chi connectivity index (χ0v) is 17.8. The lowest BCUT2D eigenvalue weighted by molar-refractivity contribution is 0.419. The van der Waals surface area contributed by atoms with Crippen molar-refractivity contribution in [1.29, 1.82) is 0 Å². The molecule has 1 aliphatic heterocycles. The van der Waals surface area contributed by atoms with Crippen molar-refractivity contribution in [3.63, 3.8) is 0 Å². The predicted molar refractivity (Wildman–Crippen MR) is 119 cm³/mol. The van der Waals surface area contributed by atoms with Crippen LogP contribution in [0, 0.1) is 0 Å². The topological polar surface area (TPSA) is 99.4 Å². The van der Waals surface area contributed by atoms with E-state index in [1.54, 1.807) is 11.6 Å². The summed E-state index contributed by atoms with van der Waals surface area (Å²) in [4.78, 5) is 11.8. The Morgan fingerprint density at radius 3 is 2.90 bits per heavy atom. The fourth-order valence-corrected chi connectivity index (χ4v) is 4.58. The number of rotatable bonds is 4. The van der Waals surface area contributed by atoms with Crippen LogP contribution in [-0.2, 0) is 5.54 Å². The zero-order chi connectivity index (χ0) is 21.2. The second-order valence-electron chi connectivity index (χ2n) is 8.96. The van der Waals surface area contributed by atoms with Crippen LogP contribution in [0.4, 0.5) is 11.6 Å². The van der Waals surface area contributed by atoms with Gasteiger partial charge in [-0.25, -0.2) is 9.97 Å². The number of ether oxygens (including phenoxy) is 1. The van der Waals surface area contributed by atoms with Gasteiger partial charge < -0.3 is 15.4 Å². The summed E-state index contributed by atoms with van der Waals surface area (Å²) in [5.41, 5.74) is 9.05. The molecule has 3 aromatic heterocycles. The van der Waals surface area contributed by atoms with E-state index >= 15 is 0 Å². The molecule has 2 N–H and O–H groups in total. The van der Waals surface area contributed by atoms with Gasteiger partial charge in [-0.05, 0) is 44.7 Å². The Morgan fingerprint density at radius 1 is 1.23 bits per heavy atom. The number of anilines is 2. The van der Waals surface area contributed by atoms with Crippen LogP contribution in [0.1, 0.15) is 44.3 Å². The van der Waals surface area contributed by atoms with Crippen molar-refractivity contribution in [2.45, 2.75) is 44.1 Å². The monoisotopic (exact) mass is 418 g/mol. The molecule has 1 aromatic carbocycles. The Kier molecular flexibility index (Phi) is 3.90. The van der Waals surface area contributed by atoms with E-state index in [0.717, 1.165) is 42.8 Å². The molecule has 4 heterocycles. The van der Waals surface area contributed by atoms with Gasteiger partial charge in [-0.3, -0.25) is 4.68 Å². The third-order valence-corrected chi connectivity index (χ3v) is 6.77. The molecule has 6 rings (SSSR count). The average Bonchev–Trinajstić information content (AvgIpc) is 3.22. The molecule has 160 valence electrons. The fourth-order valence-electron chi connectivity index (χ4n) is 4.58. The molecule has 1 atom stereocenters. The van der Waals surface area contributed by atoms with Crippen molar-refractivity contribution >= 4 is 28.2 Å². The summed E-state index contributed by atoms with van der Waals surface area (Å²) in [5.74, 6) is 2.04. The second-order valence-corrected chi connectivity index (χ2v) is 8.96. The number of fused-ring (bicyclic) bond motifs is 3. The molecule has 2 fully saturated rings. The Bertz CT molecular complexity index is 1290. The van der Waals surface area contributed by atoms with Gasteiger partial charge in [-0.15, -0.1) is 5.10 Å². The van der Waals surface area contributed by atoms with Gasteiger partial charge in [-0.1, -0.05) is 6.07 Å². The third kappa shape index (κ3) is 2.90. The van der Waals surface area contributed by atoms with E-state index in [9.17, 15) is 0 Å². The van der Waals surface area contributed by atoms with Crippen LogP contribution >= 0.6 is 0 Å². The number of aromatic nitrogens is 6. The zero-order valence-electron chi connectivity index (χ0n) is 17.8. The maximum Gasteiger partial charge on any atom is 0.223 e. The van der Waals surface area contributed by atoms with Crippen molar-refractivity contribution in [2.75, 3.05) is 30.8 Å². The number of nitrogens with two attached hydrogens (primary N) is 1. The first-order valence-corrected chi connectivity index (χ1v) is 10.8. The molecule has 1 saturated carbocycles. The highest BCUT2D eigenvalue weighted by atomic mass is 16.5. The maximum absolute atomic E-state index is 6.23. The molecule has 9 heteroatoms.